The van der Waals surface area contributed by atoms with Crippen molar-refractivity contribution in [3.05, 3.63) is 23.8 Å². The van der Waals surface area contributed by atoms with Gasteiger partial charge in [0, 0.05) is 18.5 Å². The number of phenols is 1. The van der Waals surface area contributed by atoms with E-state index in [0.717, 1.165) is 12.8 Å². The number of methoxy groups -OCH3 is 1. The summed E-state index contributed by atoms with van der Waals surface area (Å²) in [6.45, 7) is 0.502. The van der Waals surface area contributed by atoms with Crippen molar-refractivity contribution >= 4 is 17.5 Å². The van der Waals surface area contributed by atoms with Gasteiger partial charge in [-0.15, -0.1) is 11.6 Å². The second-order valence-corrected chi connectivity index (χ2v) is 4.68. The molecule has 1 aliphatic carbocycles. The van der Waals surface area contributed by atoms with Gasteiger partial charge in [-0.1, -0.05) is 0 Å². The van der Waals surface area contributed by atoms with E-state index in [4.69, 9.17) is 16.3 Å². The molecule has 5 heteroatoms. The van der Waals surface area contributed by atoms with Gasteiger partial charge in [0.1, 0.15) is 11.5 Å². The van der Waals surface area contributed by atoms with Crippen LogP contribution >= 0.6 is 11.6 Å². The van der Waals surface area contributed by atoms with Crippen molar-refractivity contribution < 1.29 is 14.6 Å². The summed E-state index contributed by atoms with van der Waals surface area (Å²) in [5.41, 5.74) is 0.270. The highest BCUT2D eigenvalue weighted by molar-refractivity contribution is 6.18. The summed E-state index contributed by atoms with van der Waals surface area (Å²) >= 11 is 5.72. The Labute approximate surface area is 111 Å². The van der Waals surface area contributed by atoms with Crippen LogP contribution in [0.2, 0.25) is 0 Å². The summed E-state index contributed by atoms with van der Waals surface area (Å²) in [6.07, 6.45) is 2.01. The molecule has 1 N–H and O–H groups in total. The summed E-state index contributed by atoms with van der Waals surface area (Å²) in [5.74, 6) is 0.737. The Morgan fingerprint density at radius 3 is 2.83 bits per heavy atom. The number of carbonyl (C=O) groups excluding carboxylic acids is 1. The summed E-state index contributed by atoms with van der Waals surface area (Å²) in [5, 5.41) is 9.78. The zero-order valence-corrected chi connectivity index (χ0v) is 11.0. The number of hydrogen-bond acceptors (Lipinski definition) is 3. The minimum Gasteiger partial charge on any atom is -0.507 e. The number of nitrogens with zero attached hydrogens (tertiary/aromatic N) is 1. The minimum absolute atomic E-state index is 0.0268. The predicted molar refractivity (Wildman–Crippen MR) is 69.4 cm³/mol. The topological polar surface area (TPSA) is 49.8 Å². The van der Waals surface area contributed by atoms with Crippen molar-refractivity contribution in [3.63, 3.8) is 0 Å². The van der Waals surface area contributed by atoms with Crippen LogP contribution in [0.5, 0.6) is 11.5 Å². The maximum Gasteiger partial charge on any atom is 0.258 e. The second kappa shape index (κ2) is 5.48. The molecule has 0 atom stereocenters. The van der Waals surface area contributed by atoms with Gasteiger partial charge in [0.2, 0.25) is 0 Å². The molecule has 0 heterocycles. The number of ether oxygens (including phenoxy) is 1. The third-order valence-electron chi connectivity index (χ3n) is 3.01. The highest BCUT2D eigenvalue weighted by Gasteiger charge is 2.33. The average Bonchev–Trinajstić information content (AvgIpc) is 3.20. The van der Waals surface area contributed by atoms with E-state index >= 15 is 0 Å². The molecule has 1 fully saturated rings. The van der Waals surface area contributed by atoms with Crippen molar-refractivity contribution in [1.82, 2.24) is 4.90 Å². The normalized spacial score (nSPS) is 14.3. The molecule has 1 aromatic rings. The van der Waals surface area contributed by atoms with E-state index in [1.165, 1.54) is 13.2 Å². The maximum absolute atomic E-state index is 12.4. The van der Waals surface area contributed by atoms with E-state index in [1.807, 2.05) is 0 Å². The number of rotatable bonds is 5. The molecule has 2 rings (SSSR count). The number of halogens is 1. The van der Waals surface area contributed by atoms with E-state index < -0.39 is 0 Å². The Hall–Kier alpha value is -1.42. The van der Waals surface area contributed by atoms with Crippen LogP contribution in [-0.2, 0) is 0 Å². The molecule has 1 saturated carbocycles. The van der Waals surface area contributed by atoms with Crippen molar-refractivity contribution in [1.29, 1.82) is 0 Å². The first kappa shape index (κ1) is 13.0. The summed E-state index contributed by atoms with van der Waals surface area (Å²) in [6, 6.07) is 4.91. The van der Waals surface area contributed by atoms with E-state index in [9.17, 15) is 9.90 Å². The number of aromatic hydroxyl groups is 1. The molecule has 0 radical (unpaired) electrons. The lowest BCUT2D eigenvalue weighted by Crippen LogP contribution is -2.34. The highest BCUT2D eigenvalue weighted by Crippen LogP contribution is 2.31. The van der Waals surface area contributed by atoms with Crippen molar-refractivity contribution in [2.75, 3.05) is 19.5 Å². The van der Waals surface area contributed by atoms with Crippen LogP contribution in [-0.4, -0.2) is 41.5 Å². The van der Waals surface area contributed by atoms with Crippen LogP contribution in [0.25, 0.3) is 0 Å². The average molecular weight is 270 g/mol. The zero-order valence-electron chi connectivity index (χ0n) is 10.2. The monoisotopic (exact) mass is 269 g/mol. The van der Waals surface area contributed by atoms with Gasteiger partial charge in [-0.25, -0.2) is 0 Å². The van der Waals surface area contributed by atoms with Gasteiger partial charge in [0.25, 0.3) is 5.91 Å². The van der Waals surface area contributed by atoms with Crippen LogP contribution in [0.1, 0.15) is 23.2 Å². The second-order valence-electron chi connectivity index (χ2n) is 4.30. The van der Waals surface area contributed by atoms with Crippen LogP contribution in [0.4, 0.5) is 0 Å². The van der Waals surface area contributed by atoms with E-state index in [2.05, 4.69) is 0 Å². The van der Waals surface area contributed by atoms with Crippen molar-refractivity contribution in [2.45, 2.75) is 18.9 Å². The lowest BCUT2D eigenvalue weighted by Gasteiger charge is -2.22. The van der Waals surface area contributed by atoms with Gasteiger partial charge < -0.3 is 14.7 Å². The minimum atomic E-state index is -0.186. The lowest BCUT2D eigenvalue weighted by atomic mass is 10.1. The number of phenolic OH excluding ortho intramolecular Hbond substituents is 1. The molecule has 0 aliphatic heterocycles. The number of hydrogen-bond donors (Lipinski definition) is 1. The Bertz CT molecular complexity index is 446. The molecule has 0 unspecified atom stereocenters. The predicted octanol–water partition coefficient (Wildman–Crippen LogP) is 2.24. The third-order valence-corrected chi connectivity index (χ3v) is 3.18. The van der Waals surface area contributed by atoms with Crippen molar-refractivity contribution in [3.8, 4) is 11.5 Å². The van der Waals surface area contributed by atoms with E-state index in [-0.39, 0.29) is 23.3 Å². The van der Waals surface area contributed by atoms with Gasteiger partial charge in [0.15, 0.2) is 0 Å². The van der Waals surface area contributed by atoms with Crippen LogP contribution in [0.15, 0.2) is 18.2 Å². The van der Waals surface area contributed by atoms with Crippen LogP contribution in [0.3, 0.4) is 0 Å². The van der Waals surface area contributed by atoms with Gasteiger partial charge in [0.05, 0.1) is 12.7 Å². The molecule has 0 spiro atoms. The largest absolute Gasteiger partial charge is 0.507 e. The lowest BCUT2D eigenvalue weighted by molar-refractivity contribution is 0.0750. The molecule has 0 bridgehead atoms. The standard InChI is InChI=1S/C13H16ClNO3/c1-18-10-4-5-12(16)11(8-10)13(17)15(7-6-14)9-2-3-9/h4-5,8-9,16H,2-3,6-7H2,1H3. The van der Waals surface area contributed by atoms with Gasteiger partial charge in [-0.05, 0) is 31.0 Å². The fourth-order valence-electron chi connectivity index (χ4n) is 1.90. The molecule has 1 aliphatic rings. The Balaban J connectivity index is 2.25. The fraction of sp³-hybridized carbons (Fsp3) is 0.462. The first-order chi connectivity index (χ1) is 8.67. The molecular weight excluding hydrogens is 254 g/mol. The molecule has 0 saturated heterocycles. The van der Waals surface area contributed by atoms with E-state index in [1.54, 1.807) is 17.0 Å². The van der Waals surface area contributed by atoms with Crippen LogP contribution < -0.4 is 4.74 Å². The summed E-state index contributed by atoms with van der Waals surface area (Å²) in [7, 11) is 1.53. The highest BCUT2D eigenvalue weighted by atomic mass is 35.5. The quantitative estimate of drug-likeness (QED) is 0.834. The maximum atomic E-state index is 12.4. The number of amides is 1. The summed E-state index contributed by atoms with van der Waals surface area (Å²) < 4.78 is 5.07. The molecule has 1 aromatic carbocycles. The van der Waals surface area contributed by atoms with E-state index in [0.29, 0.717) is 18.2 Å². The Morgan fingerprint density at radius 1 is 1.56 bits per heavy atom. The van der Waals surface area contributed by atoms with Crippen LogP contribution in [0, 0.1) is 0 Å². The first-order valence-corrected chi connectivity index (χ1v) is 6.44. The smallest absolute Gasteiger partial charge is 0.258 e. The molecule has 4 nitrogen and oxygen atoms in total. The fourth-order valence-corrected chi connectivity index (χ4v) is 2.08. The molecule has 18 heavy (non-hydrogen) atoms. The molecule has 1 amide bonds. The molecule has 98 valence electrons. The van der Waals surface area contributed by atoms with Crippen molar-refractivity contribution in [2.24, 2.45) is 0 Å². The molecule has 0 aromatic heterocycles. The van der Waals surface area contributed by atoms with Gasteiger partial charge in [-0.3, -0.25) is 4.79 Å². The first-order valence-electron chi connectivity index (χ1n) is 5.91. The molecular formula is C13H16ClNO3. The summed E-state index contributed by atoms with van der Waals surface area (Å²) in [4.78, 5) is 14.1. The SMILES string of the molecule is COc1ccc(O)c(C(=O)N(CCCl)C2CC2)c1. The number of alkyl halides is 1. The number of benzene rings is 1. The van der Waals surface area contributed by atoms with Gasteiger partial charge >= 0.3 is 0 Å². The Kier molecular flexibility index (Phi) is 3.97. The number of carbonyl (C=O) groups is 1. The van der Waals surface area contributed by atoms with Gasteiger partial charge in [-0.2, -0.15) is 0 Å². The zero-order chi connectivity index (χ0) is 13.1. The Morgan fingerprint density at radius 2 is 2.28 bits per heavy atom. The third kappa shape index (κ3) is 2.70.